The lowest BCUT2D eigenvalue weighted by molar-refractivity contribution is -0.121. The third-order valence-corrected chi connectivity index (χ3v) is 6.02. The van der Waals surface area contributed by atoms with Crippen molar-refractivity contribution in [1.82, 2.24) is 9.99 Å². The van der Waals surface area contributed by atoms with E-state index in [0.29, 0.717) is 18.5 Å². The Hall–Kier alpha value is -2.14. The predicted molar refractivity (Wildman–Crippen MR) is 133 cm³/mol. The van der Waals surface area contributed by atoms with Crippen LogP contribution in [0.1, 0.15) is 12.0 Å². The SMILES string of the molecule is O=C(CCn1c2ccc(I)cc2c2cc(I)ccc21)N/N=C/c1ccccc1O. The second-order valence-electron chi connectivity index (χ2n) is 6.58. The molecule has 0 fully saturated rings. The van der Waals surface area contributed by atoms with Gasteiger partial charge in [0.1, 0.15) is 5.75 Å². The van der Waals surface area contributed by atoms with Crippen molar-refractivity contribution in [2.45, 2.75) is 13.0 Å². The van der Waals surface area contributed by atoms with Crippen LogP contribution < -0.4 is 5.43 Å². The fourth-order valence-electron chi connectivity index (χ4n) is 3.33. The number of phenols is 1. The van der Waals surface area contributed by atoms with Crippen molar-refractivity contribution in [2.75, 3.05) is 0 Å². The van der Waals surface area contributed by atoms with Gasteiger partial charge in [0.15, 0.2) is 0 Å². The predicted octanol–water partition coefficient (Wildman–Crippen LogP) is 5.25. The number of carbonyl (C=O) groups is 1. The molecule has 3 aromatic carbocycles. The molecule has 4 rings (SSSR count). The van der Waals surface area contributed by atoms with Crippen molar-refractivity contribution in [3.63, 3.8) is 0 Å². The Balaban J connectivity index is 1.53. The van der Waals surface area contributed by atoms with E-state index < -0.39 is 0 Å². The minimum Gasteiger partial charge on any atom is -0.507 e. The largest absolute Gasteiger partial charge is 0.507 e. The summed E-state index contributed by atoms with van der Waals surface area (Å²) in [5, 5.41) is 16.1. The van der Waals surface area contributed by atoms with Crippen molar-refractivity contribution in [3.8, 4) is 5.75 Å². The minimum atomic E-state index is -0.178. The molecule has 0 radical (unpaired) electrons. The first-order chi connectivity index (χ1) is 14.0. The van der Waals surface area contributed by atoms with Crippen molar-refractivity contribution < 1.29 is 9.90 Å². The zero-order chi connectivity index (χ0) is 20.4. The van der Waals surface area contributed by atoms with Gasteiger partial charge in [0.25, 0.3) is 0 Å². The highest BCUT2D eigenvalue weighted by atomic mass is 127. The molecule has 0 unspecified atom stereocenters. The van der Waals surface area contributed by atoms with Gasteiger partial charge >= 0.3 is 0 Å². The van der Waals surface area contributed by atoms with Gasteiger partial charge in [-0.2, -0.15) is 5.10 Å². The average molecular weight is 609 g/mol. The van der Waals surface area contributed by atoms with Crippen LogP contribution in [0.25, 0.3) is 21.8 Å². The zero-order valence-corrected chi connectivity index (χ0v) is 19.6. The molecular formula is C22H17I2N3O2. The second kappa shape index (κ2) is 8.70. The molecule has 0 aliphatic rings. The van der Waals surface area contributed by atoms with Crippen LogP contribution in [0.5, 0.6) is 5.75 Å². The molecule has 2 N–H and O–H groups in total. The number of aromatic hydroxyl groups is 1. The fraction of sp³-hybridized carbons (Fsp3) is 0.0909. The van der Waals surface area contributed by atoms with Gasteiger partial charge in [-0.25, -0.2) is 5.43 Å². The third kappa shape index (κ3) is 4.40. The average Bonchev–Trinajstić information content (AvgIpc) is 3.00. The summed E-state index contributed by atoms with van der Waals surface area (Å²) >= 11 is 4.65. The Labute approximate surface area is 195 Å². The van der Waals surface area contributed by atoms with Crippen LogP contribution in [0.2, 0.25) is 0 Å². The maximum atomic E-state index is 12.3. The van der Waals surface area contributed by atoms with E-state index in [1.165, 1.54) is 24.1 Å². The van der Waals surface area contributed by atoms with Gasteiger partial charge < -0.3 is 9.67 Å². The number of benzene rings is 3. The zero-order valence-electron chi connectivity index (χ0n) is 15.3. The van der Waals surface area contributed by atoms with E-state index >= 15 is 0 Å². The van der Waals surface area contributed by atoms with E-state index in [1.54, 1.807) is 24.3 Å². The van der Waals surface area contributed by atoms with E-state index in [9.17, 15) is 9.90 Å². The molecule has 4 aromatic rings. The van der Waals surface area contributed by atoms with Gasteiger partial charge in [-0.1, -0.05) is 12.1 Å². The van der Waals surface area contributed by atoms with Crippen LogP contribution in [0.4, 0.5) is 0 Å². The number of amides is 1. The Morgan fingerprint density at radius 2 is 1.62 bits per heavy atom. The molecule has 1 amide bonds. The number of hydrogen-bond donors (Lipinski definition) is 2. The first kappa shape index (κ1) is 20.1. The number of carbonyl (C=O) groups excluding carboxylic acids is 1. The van der Waals surface area contributed by atoms with Crippen molar-refractivity contribution in [3.05, 3.63) is 73.4 Å². The van der Waals surface area contributed by atoms with Crippen LogP contribution in [0.3, 0.4) is 0 Å². The number of halogens is 2. The summed E-state index contributed by atoms with van der Waals surface area (Å²) < 4.78 is 4.55. The fourth-order valence-corrected chi connectivity index (χ4v) is 4.31. The molecule has 29 heavy (non-hydrogen) atoms. The van der Waals surface area contributed by atoms with Crippen molar-refractivity contribution >= 4 is 79.1 Å². The number of phenolic OH excluding ortho intramolecular Hbond substituents is 1. The molecular weight excluding hydrogens is 592 g/mol. The number of hydrogen-bond acceptors (Lipinski definition) is 3. The quantitative estimate of drug-likeness (QED) is 0.185. The van der Waals surface area contributed by atoms with Gasteiger partial charge in [0.2, 0.25) is 5.91 Å². The number of hydrazone groups is 1. The van der Waals surface area contributed by atoms with Crippen LogP contribution in [0, 0.1) is 7.14 Å². The lowest BCUT2D eigenvalue weighted by Crippen LogP contribution is -2.19. The minimum absolute atomic E-state index is 0.125. The van der Waals surface area contributed by atoms with E-state index in [-0.39, 0.29) is 11.7 Å². The number of nitrogens with one attached hydrogen (secondary N) is 1. The number of aromatic nitrogens is 1. The summed E-state index contributed by atoms with van der Waals surface area (Å²) in [5.41, 5.74) is 5.33. The van der Waals surface area contributed by atoms with E-state index in [0.717, 1.165) is 11.0 Å². The number of nitrogens with zero attached hydrogens (tertiary/aromatic N) is 2. The monoisotopic (exact) mass is 609 g/mol. The molecule has 5 nitrogen and oxygen atoms in total. The van der Waals surface area contributed by atoms with Crippen LogP contribution in [-0.2, 0) is 11.3 Å². The maximum absolute atomic E-state index is 12.3. The van der Waals surface area contributed by atoms with Gasteiger partial charge in [-0.3, -0.25) is 4.79 Å². The van der Waals surface area contributed by atoms with E-state index in [1.807, 2.05) is 0 Å². The molecule has 0 atom stereocenters. The Kier molecular flexibility index (Phi) is 6.04. The molecule has 0 spiro atoms. The number of fused-ring (bicyclic) bond motifs is 3. The molecule has 0 saturated carbocycles. The summed E-state index contributed by atoms with van der Waals surface area (Å²) in [7, 11) is 0. The summed E-state index contributed by atoms with van der Waals surface area (Å²) in [6.07, 6.45) is 1.74. The second-order valence-corrected chi connectivity index (χ2v) is 9.07. The highest BCUT2D eigenvalue weighted by Gasteiger charge is 2.12. The van der Waals surface area contributed by atoms with Crippen LogP contribution >= 0.6 is 45.2 Å². The van der Waals surface area contributed by atoms with Gasteiger partial charge in [0.05, 0.1) is 6.21 Å². The Bertz CT molecular complexity index is 1190. The Morgan fingerprint density at radius 3 is 2.24 bits per heavy atom. The van der Waals surface area contributed by atoms with E-state index in [2.05, 4.69) is 96.7 Å². The standard InChI is InChI=1S/C22H17I2N3O2/c23-15-5-7-19-17(11-15)18-12-16(24)6-8-20(18)27(19)10-9-22(29)26-25-13-14-3-1-2-4-21(14)28/h1-8,11-13,28H,9-10H2,(H,26,29)/b25-13+. The van der Waals surface area contributed by atoms with Crippen LogP contribution in [0.15, 0.2) is 65.8 Å². The first-order valence-corrected chi connectivity index (χ1v) is 11.2. The molecule has 0 saturated heterocycles. The maximum Gasteiger partial charge on any atom is 0.241 e. The molecule has 0 aliphatic carbocycles. The first-order valence-electron chi connectivity index (χ1n) is 9.00. The lowest BCUT2D eigenvalue weighted by atomic mass is 10.2. The molecule has 7 heteroatoms. The smallest absolute Gasteiger partial charge is 0.241 e. The topological polar surface area (TPSA) is 66.6 Å². The molecule has 0 aliphatic heterocycles. The normalized spacial score (nSPS) is 11.5. The number of aryl methyl sites for hydroxylation is 1. The van der Waals surface area contributed by atoms with Crippen LogP contribution in [-0.4, -0.2) is 21.8 Å². The number of rotatable bonds is 5. The summed E-state index contributed by atoms with van der Waals surface area (Å²) in [5.74, 6) is -0.0530. The summed E-state index contributed by atoms with van der Waals surface area (Å²) in [4.78, 5) is 12.3. The summed E-state index contributed by atoms with van der Waals surface area (Å²) in [6.45, 7) is 0.555. The lowest BCUT2D eigenvalue weighted by Gasteiger charge is -2.07. The highest BCUT2D eigenvalue weighted by molar-refractivity contribution is 14.1. The Morgan fingerprint density at radius 1 is 1.00 bits per heavy atom. The van der Waals surface area contributed by atoms with Gasteiger partial charge in [0, 0.05) is 47.5 Å². The summed E-state index contributed by atoms with van der Waals surface area (Å²) in [6, 6.07) is 19.6. The number of para-hydroxylation sites is 1. The van der Waals surface area contributed by atoms with Gasteiger partial charge in [-0.15, -0.1) is 0 Å². The third-order valence-electron chi connectivity index (χ3n) is 4.68. The molecule has 1 heterocycles. The molecule has 0 bridgehead atoms. The van der Waals surface area contributed by atoms with Crippen molar-refractivity contribution in [1.29, 1.82) is 0 Å². The van der Waals surface area contributed by atoms with E-state index in [4.69, 9.17) is 0 Å². The molecule has 1 aromatic heterocycles. The van der Waals surface area contributed by atoms with Crippen molar-refractivity contribution in [2.24, 2.45) is 5.10 Å². The van der Waals surface area contributed by atoms with Gasteiger partial charge in [-0.05, 0) is 93.7 Å². The molecule has 146 valence electrons. The highest BCUT2D eigenvalue weighted by Crippen LogP contribution is 2.31.